The molecule has 2 aromatic rings. The summed E-state index contributed by atoms with van der Waals surface area (Å²) in [4.78, 5) is 10.8. The quantitative estimate of drug-likeness (QED) is 0.897. The second kappa shape index (κ2) is 4.11. The minimum absolute atomic E-state index is 0.0432. The second-order valence-corrected chi connectivity index (χ2v) is 3.75. The molecular weight excluding hydrogens is 253 g/mol. The molecule has 1 aromatic carbocycles. The Morgan fingerprint density at radius 1 is 1.31 bits per heavy atom. The molecule has 0 saturated heterocycles. The van der Waals surface area contributed by atoms with Gasteiger partial charge in [-0.2, -0.15) is 0 Å². The molecule has 0 spiro atoms. The van der Waals surface area contributed by atoms with Crippen molar-refractivity contribution in [1.82, 2.24) is 15.0 Å². The van der Waals surface area contributed by atoms with Crippen LogP contribution in [0.5, 0.6) is 0 Å². The summed E-state index contributed by atoms with van der Waals surface area (Å²) in [5.74, 6) is -1.11. The van der Waals surface area contributed by atoms with Gasteiger partial charge in [0.1, 0.15) is 0 Å². The zero-order valence-corrected chi connectivity index (χ0v) is 9.27. The third kappa shape index (κ3) is 1.87. The van der Waals surface area contributed by atoms with E-state index in [1.807, 2.05) is 0 Å². The first-order valence-corrected chi connectivity index (χ1v) is 4.94. The maximum absolute atomic E-state index is 10.8. The lowest BCUT2D eigenvalue weighted by Gasteiger charge is -2.04. The molecule has 0 bridgehead atoms. The number of benzene rings is 1. The smallest absolute Gasteiger partial charge is 0.356 e. The zero-order valence-electron chi connectivity index (χ0n) is 7.76. The summed E-state index contributed by atoms with van der Waals surface area (Å²) in [6, 6.07) is 4.69. The summed E-state index contributed by atoms with van der Waals surface area (Å²) >= 11 is 11.6. The third-order valence-corrected chi connectivity index (χ3v) is 2.66. The Hall–Kier alpha value is -1.59. The molecule has 0 radical (unpaired) electrons. The summed E-state index contributed by atoms with van der Waals surface area (Å²) in [6.07, 6.45) is 1.16. The van der Waals surface area contributed by atoms with Crippen LogP contribution >= 0.6 is 23.2 Å². The molecule has 5 nitrogen and oxygen atoms in total. The first-order chi connectivity index (χ1) is 7.59. The van der Waals surface area contributed by atoms with E-state index in [2.05, 4.69) is 10.3 Å². The number of nitrogens with zero attached hydrogens (tertiary/aromatic N) is 3. The lowest BCUT2D eigenvalue weighted by Crippen LogP contribution is -2.07. The number of carboxylic acids is 1. The van der Waals surface area contributed by atoms with Crippen LogP contribution in [0.1, 0.15) is 10.5 Å². The number of halogens is 2. The number of hydrogen-bond donors (Lipinski definition) is 1. The van der Waals surface area contributed by atoms with E-state index in [4.69, 9.17) is 28.3 Å². The van der Waals surface area contributed by atoms with E-state index in [0.29, 0.717) is 15.7 Å². The van der Waals surface area contributed by atoms with Gasteiger partial charge in [0.05, 0.1) is 21.9 Å². The van der Waals surface area contributed by atoms with Crippen molar-refractivity contribution in [1.29, 1.82) is 0 Å². The first-order valence-electron chi connectivity index (χ1n) is 4.19. The van der Waals surface area contributed by atoms with Crippen LogP contribution in [0.4, 0.5) is 0 Å². The van der Waals surface area contributed by atoms with Gasteiger partial charge in [0.15, 0.2) is 5.69 Å². The average molecular weight is 258 g/mol. The van der Waals surface area contributed by atoms with Crippen molar-refractivity contribution in [2.24, 2.45) is 0 Å². The molecule has 0 aliphatic heterocycles. The van der Waals surface area contributed by atoms with Crippen LogP contribution in [0.3, 0.4) is 0 Å². The summed E-state index contributed by atoms with van der Waals surface area (Å²) in [5.41, 5.74) is 0.447. The van der Waals surface area contributed by atoms with Crippen LogP contribution in [0.15, 0.2) is 24.4 Å². The predicted octanol–water partition coefficient (Wildman–Crippen LogP) is 2.27. The molecule has 82 valence electrons. The standard InChI is InChI=1S/C9H5Cl2N3O2/c10-6-2-1-5(3-7(6)11)14-8(9(15)16)4-12-13-14/h1-4H,(H,15,16). The first kappa shape index (κ1) is 10.9. The minimum Gasteiger partial charge on any atom is -0.476 e. The molecule has 1 N–H and O–H groups in total. The van der Waals surface area contributed by atoms with E-state index in [9.17, 15) is 4.79 Å². The van der Waals surface area contributed by atoms with Crippen LogP contribution in [0.25, 0.3) is 5.69 Å². The Balaban J connectivity index is 2.54. The second-order valence-electron chi connectivity index (χ2n) is 2.93. The Kier molecular flexibility index (Phi) is 2.80. The molecular formula is C9H5Cl2N3O2. The van der Waals surface area contributed by atoms with Crippen LogP contribution in [0.2, 0.25) is 10.0 Å². The summed E-state index contributed by atoms with van der Waals surface area (Å²) in [5, 5.41) is 16.8. The molecule has 0 atom stereocenters. The molecule has 0 amide bonds. The lowest BCUT2D eigenvalue weighted by atomic mass is 10.3. The van der Waals surface area contributed by atoms with Crippen molar-refractivity contribution in [3.05, 3.63) is 40.1 Å². The number of aromatic carboxylic acids is 1. The van der Waals surface area contributed by atoms with E-state index in [1.54, 1.807) is 12.1 Å². The average Bonchev–Trinajstić information content (AvgIpc) is 2.71. The summed E-state index contributed by atoms with van der Waals surface area (Å²) < 4.78 is 1.17. The fourth-order valence-corrected chi connectivity index (χ4v) is 1.48. The molecule has 0 unspecified atom stereocenters. The zero-order chi connectivity index (χ0) is 11.7. The highest BCUT2D eigenvalue weighted by Crippen LogP contribution is 2.24. The highest BCUT2D eigenvalue weighted by atomic mass is 35.5. The van der Waals surface area contributed by atoms with Crippen molar-refractivity contribution in [3.63, 3.8) is 0 Å². The molecule has 16 heavy (non-hydrogen) atoms. The van der Waals surface area contributed by atoms with Crippen LogP contribution < -0.4 is 0 Å². The van der Waals surface area contributed by atoms with Crippen LogP contribution in [0, 0.1) is 0 Å². The molecule has 0 aliphatic rings. The highest BCUT2D eigenvalue weighted by molar-refractivity contribution is 6.42. The maximum atomic E-state index is 10.8. The van der Waals surface area contributed by atoms with Gasteiger partial charge in [-0.3, -0.25) is 0 Å². The van der Waals surface area contributed by atoms with Gasteiger partial charge in [0.2, 0.25) is 0 Å². The molecule has 7 heteroatoms. The fourth-order valence-electron chi connectivity index (χ4n) is 1.19. The maximum Gasteiger partial charge on any atom is 0.356 e. The van der Waals surface area contributed by atoms with E-state index >= 15 is 0 Å². The van der Waals surface area contributed by atoms with Crippen molar-refractivity contribution < 1.29 is 9.90 Å². The van der Waals surface area contributed by atoms with Gasteiger partial charge in [0.25, 0.3) is 0 Å². The topological polar surface area (TPSA) is 68.0 Å². The Bertz CT molecular complexity index is 553. The molecule has 0 aliphatic carbocycles. The number of hydrogen-bond acceptors (Lipinski definition) is 3. The van der Waals surface area contributed by atoms with E-state index in [-0.39, 0.29) is 5.69 Å². The number of aromatic nitrogens is 3. The van der Waals surface area contributed by atoms with Gasteiger partial charge in [0, 0.05) is 0 Å². The molecule has 1 heterocycles. The predicted molar refractivity (Wildman–Crippen MR) is 58.3 cm³/mol. The summed E-state index contributed by atoms with van der Waals surface area (Å²) in [7, 11) is 0. The van der Waals surface area contributed by atoms with Gasteiger partial charge in [-0.1, -0.05) is 28.4 Å². The van der Waals surface area contributed by atoms with Crippen molar-refractivity contribution >= 4 is 29.2 Å². The van der Waals surface area contributed by atoms with Gasteiger partial charge in [-0.25, -0.2) is 9.48 Å². The SMILES string of the molecule is O=C(O)c1cnnn1-c1ccc(Cl)c(Cl)c1. The van der Waals surface area contributed by atoms with Gasteiger partial charge >= 0.3 is 5.97 Å². The number of carbonyl (C=O) groups is 1. The van der Waals surface area contributed by atoms with Crippen LogP contribution in [-0.4, -0.2) is 26.1 Å². The van der Waals surface area contributed by atoms with E-state index in [0.717, 1.165) is 6.20 Å². The third-order valence-electron chi connectivity index (χ3n) is 1.92. The monoisotopic (exact) mass is 257 g/mol. The van der Waals surface area contributed by atoms with Gasteiger partial charge < -0.3 is 5.11 Å². The Morgan fingerprint density at radius 2 is 2.06 bits per heavy atom. The number of carboxylic acid groups (broad SMARTS) is 1. The fraction of sp³-hybridized carbons (Fsp3) is 0. The number of rotatable bonds is 2. The van der Waals surface area contributed by atoms with Crippen LogP contribution in [-0.2, 0) is 0 Å². The lowest BCUT2D eigenvalue weighted by molar-refractivity contribution is 0.0687. The Morgan fingerprint density at radius 3 is 2.69 bits per heavy atom. The van der Waals surface area contributed by atoms with E-state index in [1.165, 1.54) is 10.7 Å². The summed E-state index contributed by atoms with van der Waals surface area (Å²) in [6.45, 7) is 0. The van der Waals surface area contributed by atoms with Gasteiger partial charge in [-0.05, 0) is 18.2 Å². The Labute approximate surface area is 100 Å². The largest absolute Gasteiger partial charge is 0.476 e. The molecule has 1 aromatic heterocycles. The molecule has 0 fully saturated rings. The van der Waals surface area contributed by atoms with Crippen molar-refractivity contribution in [2.45, 2.75) is 0 Å². The molecule has 0 saturated carbocycles. The van der Waals surface area contributed by atoms with E-state index < -0.39 is 5.97 Å². The minimum atomic E-state index is -1.11. The normalized spacial score (nSPS) is 10.4. The van der Waals surface area contributed by atoms with Crippen molar-refractivity contribution in [3.8, 4) is 5.69 Å². The molecule has 2 rings (SSSR count). The van der Waals surface area contributed by atoms with Crippen molar-refractivity contribution in [2.75, 3.05) is 0 Å². The highest BCUT2D eigenvalue weighted by Gasteiger charge is 2.13. The van der Waals surface area contributed by atoms with Gasteiger partial charge in [-0.15, -0.1) is 5.10 Å².